The maximum atomic E-state index is 5.50. The van der Waals surface area contributed by atoms with E-state index in [0.717, 1.165) is 0 Å². The lowest BCUT2D eigenvalue weighted by Crippen LogP contribution is -1.96. The van der Waals surface area contributed by atoms with Crippen molar-refractivity contribution in [3.05, 3.63) is 29.3 Å². The summed E-state index contributed by atoms with van der Waals surface area (Å²) in [6.07, 6.45) is 2.09. The monoisotopic (exact) mass is 203 g/mol. The maximum Gasteiger partial charge on any atom is 0.0178 e. The fraction of sp³-hybridized carbons (Fsp3) is 0.333. The van der Waals surface area contributed by atoms with Crippen molar-refractivity contribution >= 4 is 24.2 Å². The summed E-state index contributed by atoms with van der Waals surface area (Å²) in [5.74, 6) is 0. The van der Waals surface area contributed by atoms with Gasteiger partial charge in [0, 0.05) is 11.4 Å². The molecule has 0 unspecified atom stereocenters. The minimum Gasteiger partial charge on any atom is -0.326 e. The van der Waals surface area contributed by atoms with Gasteiger partial charge in [-0.3, -0.25) is 0 Å². The Balaban J connectivity index is 0.00000121. The van der Waals surface area contributed by atoms with Gasteiger partial charge in [0.2, 0.25) is 0 Å². The lowest BCUT2D eigenvalue weighted by molar-refractivity contribution is 1.06. The predicted octanol–water partition coefficient (Wildman–Crippen LogP) is 2.60. The van der Waals surface area contributed by atoms with Crippen LogP contribution in [0.25, 0.3) is 0 Å². The molecular formula is C9H14ClNS. The highest BCUT2D eigenvalue weighted by molar-refractivity contribution is 7.98. The van der Waals surface area contributed by atoms with E-state index >= 15 is 0 Å². The van der Waals surface area contributed by atoms with Gasteiger partial charge < -0.3 is 5.73 Å². The molecule has 3 heteroatoms. The summed E-state index contributed by atoms with van der Waals surface area (Å²) in [6.45, 7) is 2.75. The molecule has 12 heavy (non-hydrogen) atoms. The van der Waals surface area contributed by atoms with Crippen molar-refractivity contribution in [2.75, 3.05) is 6.26 Å². The zero-order valence-corrected chi connectivity index (χ0v) is 8.97. The highest BCUT2D eigenvalue weighted by Crippen LogP contribution is 2.20. The SMILES string of the molecule is CSc1ccc(CN)cc1C.Cl. The van der Waals surface area contributed by atoms with Gasteiger partial charge in [0.05, 0.1) is 0 Å². The molecule has 68 valence electrons. The second kappa shape index (κ2) is 5.46. The van der Waals surface area contributed by atoms with E-state index in [1.807, 2.05) is 0 Å². The third kappa shape index (κ3) is 2.70. The third-order valence-electron chi connectivity index (χ3n) is 1.69. The lowest BCUT2D eigenvalue weighted by atomic mass is 10.1. The Morgan fingerprint density at radius 1 is 1.42 bits per heavy atom. The first-order valence-corrected chi connectivity index (χ1v) is 4.84. The van der Waals surface area contributed by atoms with Crippen LogP contribution in [0.1, 0.15) is 11.1 Å². The van der Waals surface area contributed by atoms with Gasteiger partial charge in [0.25, 0.3) is 0 Å². The van der Waals surface area contributed by atoms with Gasteiger partial charge in [-0.05, 0) is 30.4 Å². The molecule has 0 bridgehead atoms. The van der Waals surface area contributed by atoms with Crippen LogP contribution in [0.2, 0.25) is 0 Å². The summed E-state index contributed by atoms with van der Waals surface area (Å²) in [5.41, 5.74) is 8.03. The van der Waals surface area contributed by atoms with Crippen LogP contribution >= 0.6 is 24.2 Å². The van der Waals surface area contributed by atoms with Crippen LogP contribution in [0, 0.1) is 6.92 Å². The molecule has 0 radical (unpaired) electrons. The zero-order chi connectivity index (χ0) is 8.27. The minimum atomic E-state index is 0. The average molecular weight is 204 g/mol. The molecule has 0 atom stereocenters. The van der Waals surface area contributed by atoms with E-state index in [1.54, 1.807) is 11.8 Å². The quantitative estimate of drug-likeness (QED) is 0.748. The van der Waals surface area contributed by atoms with Gasteiger partial charge in [-0.1, -0.05) is 12.1 Å². The fourth-order valence-electron chi connectivity index (χ4n) is 1.07. The fourth-order valence-corrected chi connectivity index (χ4v) is 1.65. The van der Waals surface area contributed by atoms with E-state index in [-0.39, 0.29) is 12.4 Å². The van der Waals surface area contributed by atoms with Crippen LogP contribution in [0.4, 0.5) is 0 Å². The Bertz CT molecular complexity index is 250. The predicted molar refractivity (Wildman–Crippen MR) is 58.1 cm³/mol. The minimum absolute atomic E-state index is 0. The summed E-state index contributed by atoms with van der Waals surface area (Å²) >= 11 is 1.77. The number of aryl methyl sites for hydroxylation is 1. The van der Waals surface area contributed by atoms with Crippen molar-refractivity contribution in [3.63, 3.8) is 0 Å². The number of nitrogens with two attached hydrogens (primary N) is 1. The molecule has 0 saturated heterocycles. The lowest BCUT2D eigenvalue weighted by Gasteiger charge is -2.03. The van der Waals surface area contributed by atoms with Crippen molar-refractivity contribution in [2.24, 2.45) is 5.73 Å². The molecule has 0 aliphatic carbocycles. The Kier molecular flexibility index (Phi) is 5.38. The second-order valence-corrected chi connectivity index (χ2v) is 3.36. The van der Waals surface area contributed by atoms with Gasteiger partial charge in [-0.25, -0.2) is 0 Å². The van der Waals surface area contributed by atoms with Crippen molar-refractivity contribution in [1.29, 1.82) is 0 Å². The molecule has 0 spiro atoms. The number of hydrogen-bond acceptors (Lipinski definition) is 2. The largest absolute Gasteiger partial charge is 0.326 e. The van der Waals surface area contributed by atoms with E-state index in [9.17, 15) is 0 Å². The molecule has 0 aliphatic rings. The highest BCUT2D eigenvalue weighted by atomic mass is 35.5. The molecule has 0 saturated carbocycles. The van der Waals surface area contributed by atoms with E-state index < -0.39 is 0 Å². The third-order valence-corrected chi connectivity index (χ3v) is 2.59. The highest BCUT2D eigenvalue weighted by Gasteiger charge is 1.96. The summed E-state index contributed by atoms with van der Waals surface area (Å²) < 4.78 is 0. The summed E-state index contributed by atoms with van der Waals surface area (Å²) in [7, 11) is 0. The smallest absolute Gasteiger partial charge is 0.0178 e. The van der Waals surface area contributed by atoms with Crippen LogP contribution in [0.3, 0.4) is 0 Å². The number of benzene rings is 1. The molecular weight excluding hydrogens is 190 g/mol. The van der Waals surface area contributed by atoms with E-state index in [4.69, 9.17) is 5.73 Å². The Morgan fingerprint density at radius 3 is 2.50 bits per heavy atom. The molecule has 0 amide bonds. The number of hydrogen-bond donors (Lipinski definition) is 1. The Hall–Kier alpha value is -0.180. The Morgan fingerprint density at radius 2 is 2.08 bits per heavy atom. The van der Waals surface area contributed by atoms with Gasteiger partial charge in [-0.2, -0.15) is 0 Å². The Labute approximate surface area is 84.1 Å². The number of halogens is 1. The van der Waals surface area contributed by atoms with Crippen molar-refractivity contribution in [1.82, 2.24) is 0 Å². The van der Waals surface area contributed by atoms with Gasteiger partial charge in [0.1, 0.15) is 0 Å². The van der Waals surface area contributed by atoms with Crippen LogP contribution in [0.15, 0.2) is 23.1 Å². The van der Waals surface area contributed by atoms with Crippen LogP contribution in [-0.4, -0.2) is 6.26 Å². The average Bonchev–Trinajstić information content (AvgIpc) is 2.04. The van der Waals surface area contributed by atoms with Crippen molar-refractivity contribution in [3.8, 4) is 0 Å². The maximum absolute atomic E-state index is 5.50. The first-order valence-electron chi connectivity index (χ1n) is 3.61. The van der Waals surface area contributed by atoms with Crippen LogP contribution in [-0.2, 0) is 6.54 Å². The number of rotatable bonds is 2. The zero-order valence-electron chi connectivity index (χ0n) is 7.33. The molecule has 1 nitrogen and oxygen atoms in total. The molecule has 0 heterocycles. The van der Waals surface area contributed by atoms with Crippen LogP contribution < -0.4 is 5.73 Å². The van der Waals surface area contributed by atoms with E-state index in [0.29, 0.717) is 6.54 Å². The number of thioether (sulfide) groups is 1. The summed E-state index contributed by atoms with van der Waals surface area (Å²) in [4.78, 5) is 1.34. The van der Waals surface area contributed by atoms with Crippen molar-refractivity contribution < 1.29 is 0 Å². The standard InChI is InChI=1S/C9H13NS.ClH/c1-7-5-8(6-10)3-4-9(7)11-2;/h3-5H,6,10H2,1-2H3;1H. The molecule has 0 fully saturated rings. The first kappa shape index (κ1) is 11.8. The topological polar surface area (TPSA) is 26.0 Å². The molecule has 0 aromatic heterocycles. The van der Waals surface area contributed by atoms with Gasteiger partial charge in [-0.15, -0.1) is 24.2 Å². The van der Waals surface area contributed by atoms with Gasteiger partial charge >= 0.3 is 0 Å². The van der Waals surface area contributed by atoms with Crippen molar-refractivity contribution in [2.45, 2.75) is 18.4 Å². The normalized spacial score (nSPS) is 9.25. The van der Waals surface area contributed by atoms with Crippen LogP contribution in [0.5, 0.6) is 0 Å². The molecule has 2 N–H and O–H groups in total. The first-order chi connectivity index (χ1) is 5.27. The van der Waals surface area contributed by atoms with Gasteiger partial charge in [0.15, 0.2) is 0 Å². The summed E-state index contributed by atoms with van der Waals surface area (Å²) in [5, 5.41) is 0. The molecule has 0 aliphatic heterocycles. The second-order valence-electron chi connectivity index (χ2n) is 2.51. The summed E-state index contributed by atoms with van der Waals surface area (Å²) in [6, 6.07) is 6.35. The van der Waals surface area contributed by atoms with E-state index in [1.165, 1.54) is 16.0 Å². The molecule has 1 aromatic rings. The molecule has 1 aromatic carbocycles. The van der Waals surface area contributed by atoms with E-state index in [2.05, 4.69) is 31.4 Å². The molecule has 1 rings (SSSR count).